The Morgan fingerprint density at radius 3 is 2.88 bits per heavy atom. The highest BCUT2D eigenvalue weighted by Gasteiger charge is 2.19. The van der Waals surface area contributed by atoms with E-state index in [1.165, 1.54) is 13.4 Å². The van der Waals surface area contributed by atoms with Crippen LogP contribution in [-0.4, -0.2) is 36.7 Å². The first kappa shape index (κ1) is 13.2. The molecule has 1 aromatic heterocycles. The maximum absolute atomic E-state index is 11.5. The first-order chi connectivity index (χ1) is 8.13. The number of carboxylic acid groups (broad SMARTS) is 1. The maximum Gasteiger partial charge on any atom is 0.328 e. The van der Waals surface area contributed by atoms with Crippen LogP contribution < -0.4 is 5.32 Å². The summed E-state index contributed by atoms with van der Waals surface area (Å²) >= 11 is 0. The van der Waals surface area contributed by atoms with Crippen LogP contribution in [0.15, 0.2) is 22.8 Å². The number of carbonyl (C=O) groups is 2. The molecule has 1 unspecified atom stereocenters. The second-order valence-electron chi connectivity index (χ2n) is 3.49. The third-order valence-corrected chi connectivity index (χ3v) is 2.15. The van der Waals surface area contributed by atoms with Crippen molar-refractivity contribution in [1.29, 1.82) is 0 Å². The molecular formula is C11H15NO5. The van der Waals surface area contributed by atoms with Crippen molar-refractivity contribution in [1.82, 2.24) is 5.32 Å². The van der Waals surface area contributed by atoms with Crippen LogP contribution in [0.4, 0.5) is 0 Å². The van der Waals surface area contributed by atoms with Gasteiger partial charge in [-0.1, -0.05) is 0 Å². The topological polar surface area (TPSA) is 88.8 Å². The van der Waals surface area contributed by atoms with Crippen LogP contribution in [0.5, 0.6) is 0 Å². The standard InChI is InChI=1S/C11H15NO5/c1-16-7-9(11(14)15)12-10(13)5-4-8-3-2-6-17-8/h2-3,6,9H,4-5,7H2,1H3,(H,12,13)(H,14,15). The summed E-state index contributed by atoms with van der Waals surface area (Å²) in [6.07, 6.45) is 2.15. The number of methoxy groups -OCH3 is 1. The second-order valence-corrected chi connectivity index (χ2v) is 3.49. The molecule has 2 N–H and O–H groups in total. The summed E-state index contributed by atoms with van der Waals surface area (Å²) in [5.74, 6) is -0.761. The molecule has 0 aromatic carbocycles. The van der Waals surface area contributed by atoms with Crippen molar-refractivity contribution in [3.05, 3.63) is 24.2 Å². The van der Waals surface area contributed by atoms with Gasteiger partial charge in [-0.05, 0) is 12.1 Å². The number of carbonyl (C=O) groups excluding carboxylic acids is 1. The predicted octanol–water partition coefficient (Wildman–Crippen LogP) is 0.428. The van der Waals surface area contributed by atoms with Crippen LogP contribution in [0.25, 0.3) is 0 Å². The number of hydrogen-bond donors (Lipinski definition) is 2. The number of carboxylic acids is 1. The molecule has 1 amide bonds. The van der Waals surface area contributed by atoms with Gasteiger partial charge in [0.25, 0.3) is 0 Å². The molecule has 0 aliphatic rings. The van der Waals surface area contributed by atoms with Gasteiger partial charge in [0.15, 0.2) is 6.04 Å². The lowest BCUT2D eigenvalue weighted by molar-refractivity contribution is -0.143. The highest BCUT2D eigenvalue weighted by atomic mass is 16.5. The van der Waals surface area contributed by atoms with Gasteiger partial charge in [-0.2, -0.15) is 0 Å². The van der Waals surface area contributed by atoms with Gasteiger partial charge in [-0.15, -0.1) is 0 Å². The van der Waals surface area contributed by atoms with E-state index in [9.17, 15) is 9.59 Å². The van der Waals surface area contributed by atoms with Crippen molar-refractivity contribution in [2.24, 2.45) is 0 Å². The van der Waals surface area contributed by atoms with Crippen molar-refractivity contribution in [3.63, 3.8) is 0 Å². The Bertz CT molecular complexity index is 360. The normalized spacial score (nSPS) is 12.1. The summed E-state index contributed by atoms with van der Waals surface area (Å²) in [4.78, 5) is 22.2. The molecule has 6 nitrogen and oxygen atoms in total. The third kappa shape index (κ3) is 4.69. The smallest absolute Gasteiger partial charge is 0.328 e. The molecule has 0 spiro atoms. The number of nitrogens with one attached hydrogen (secondary N) is 1. The van der Waals surface area contributed by atoms with E-state index in [4.69, 9.17) is 14.3 Å². The number of aryl methyl sites for hydroxylation is 1. The van der Waals surface area contributed by atoms with Crippen molar-refractivity contribution in [2.45, 2.75) is 18.9 Å². The molecule has 1 heterocycles. The van der Waals surface area contributed by atoms with Crippen molar-refractivity contribution in [2.75, 3.05) is 13.7 Å². The van der Waals surface area contributed by atoms with Gasteiger partial charge >= 0.3 is 5.97 Å². The quantitative estimate of drug-likeness (QED) is 0.722. The lowest BCUT2D eigenvalue weighted by atomic mass is 10.2. The van der Waals surface area contributed by atoms with Gasteiger partial charge in [-0.25, -0.2) is 4.79 Å². The minimum atomic E-state index is -1.11. The van der Waals surface area contributed by atoms with Gasteiger partial charge in [0.1, 0.15) is 5.76 Å². The number of rotatable bonds is 7. The number of ether oxygens (including phenoxy) is 1. The van der Waals surface area contributed by atoms with Gasteiger partial charge in [-0.3, -0.25) is 4.79 Å². The van der Waals surface area contributed by atoms with Crippen molar-refractivity contribution in [3.8, 4) is 0 Å². The van der Waals surface area contributed by atoms with Crippen LogP contribution in [0.1, 0.15) is 12.2 Å². The molecule has 0 aliphatic heterocycles. The fourth-order valence-electron chi connectivity index (χ4n) is 1.30. The fourth-order valence-corrected chi connectivity index (χ4v) is 1.30. The molecular weight excluding hydrogens is 226 g/mol. The molecule has 1 aromatic rings. The summed E-state index contributed by atoms with van der Waals surface area (Å²) in [5.41, 5.74) is 0. The highest BCUT2D eigenvalue weighted by molar-refractivity contribution is 5.83. The fraction of sp³-hybridized carbons (Fsp3) is 0.455. The molecule has 0 bridgehead atoms. The average molecular weight is 241 g/mol. The summed E-state index contributed by atoms with van der Waals surface area (Å²) in [6.45, 7) is -0.0537. The minimum Gasteiger partial charge on any atom is -0.480 e. The Hall–Kier alpha value is -1.82. The summed E-state index contributed by atoms with van der Waals surface area (Å²) < 4.78 is 9.77. The van der Waals surface area contributed by atoms with Gasteiger partial charge in [0.05, 0.1) is 12.9 Å². The molecule has 6 heteroatoms. The minimum absolute atomic E-state index is 0.0537. The zero-order chi connectivity index (χ0) is 12.7. The van der Waals surface area contributed by atoms with E-state index in [-0.39, 0.29) is 18.9 Å². The maximum atomic E-state index is 11.5. The Balaban J connectivity index is 2.34. The number of furan rings is 1. The molecule has 0 radical (unpaired) electrons. The molecule has 94 valence electrons. The lowest BCUT2D eigenvalue weighted by Gasteiger charge is -2.12. The van der Waals surface area contributed by atoms with E-state index >= 15 is 0 Å². The van der Waals surface area contributed by atoms with E-state index in [1.54, 1.807) is 12.1 Å². The summed E-state index contributed by atoms with van der Waals surface area (Å²) in [5, 5.41) is 11.2. The Kier molecular flexibility index (Phi) is 5.22. The number of amides is 1. The van der Waals surface area contributed by atoms with Crippen LogP contribution in [0, 0.1) is 0 Å². The molecule has 0 fully saturated rings. The van der Waals surface area contributed by atoms with Crippen molar-refractivity contribution >= 4 is 11.9 Å². The Morgan fingerprint density at radius 2 is 2.35 bits per heavy atom. The molecule has 1 atom stereocenters. The third-order valence-electron chi connectivity index (χ3n) is 2.15. The second kappa shape index (κ2) is 6.70. The number of aliphatic carboxylic acids is 1. The van der Waals surface area contributed by atoms with Gasteiger partial charge in [0, 0.05) is 20.0 Å². The van der Waals surface area contributed by atoms with Crippen LogP contribution >= 0.6 is 0 Å². The molecule has 17 heavy (non-hydrogen) atoms. The average Bonchev–Trinajstić information content (AvgIpc) is 2.78. The molecule has 0 saturated heterocycles. The Morgan fingerprint density at radius 1 is 1.59 bits per heavy atom. The Labute approximate surface area is 98.6 Å². The van der Waals surface area contributed by atoms with Crippen LogP contribution in [-0.2, 0) is 20.7 Å². The zero-order valence-corrected chi connectivity index (χ0v) is 9.51. The first-order valence-corrected chi connectivity index (χ1v) is 5.17. The van der Waals surface area contributed by atoms with Gasteiger partial charge < -0.3 is 19.6 Å². The molecule has 1 rings (SSSR count). The molecule has 0 aliphatic carbocycles. The number of hydrogen-bond acceptors (Lipinski definition) is 4. The van der Waals surface area contributed by atoms with Crippen LogP contribution in [0.2, 0.25) is 0 Å². The van der Waals surface area contributed by atoms with E-state index in [0.717, 1.165) is 0 Å². The highest BCUT2D eigenvalue weighted by Crippen LogP contribution is 2.03. The first-order valence-electron chi connectivity index (χ1n) is 5.17. The van der Waals surface area contributed by atoms with Crippen LogP contribution in [0.3, 0.4) is 0 Å². The van der Waals surface area contributed by atoms with Gasteiger partial charge in [0.2, 0.25) is 5.91 Å². The summed E-state index contributed by atoms with van der Waals surface area (Å²) in [6, 6.07) is 2.49. The zero-order valence-electron chi connectivity index (χ0n) is 9.51. The van der Waals surface area contributed by atoms with E-state index in [0.29, 0.717) is 12.2 Å². The lowest BCUT2D eigenvalue weighted by Crippen LogP contribution is -2.43. The summed E-state index contributed by atoms with van der Waals surface area (Å²) in [7, 11) is 1.38. The predicted molar refractivity (Wildman–Crippen MR) is 58.5 cm³/mol. The molecule has 0 saturated carbocycles. The van der Waals surface area contributed by atoms with E-state index in [1.807, 2.05) is 0 Å². The SMILES string of the molecule is COCC(NC(=O)CCc1ccco1)C(=O)O. The van der Waals surface area contributed by atoms with E-state index < -0.39 is 12.0 Å². The largest absolute Gasteiger partial charge is 0.480 e. The van der Waals surface area contributed by atoms with E-state index in [2.05, 4.69) is 5.32 Å². The monoisotopic (exact) mass is 241 g/mol. The van der Waals surface area contributed by atoms with Crippen molar-refractivity contribution < 1.29 is 23.8 Å².